The first kappa shape index (κ1) is 12.4. The van der Waals surface area contributed by atoms with E-state index >= 15 is 0 Å². The Labute approximate surface area is 103 Å². The fourth-order valence-corrected chi connectivity index (χ4v) is 4.07. The first-order valence-corrected chi connectivity index (χ1v) is 7.82. The summed E-state index contributed by atoms with van der Waals surface area (Å²) in [6, 6.07) is 6.31. The van der Waals surface area contributed by atoms with Crippen LogP contribution in [0.4, 0.5) is 5.69 Å². The monoisotopic (exact) mass is 253 g/mol. The summed E-state index contributed by atoms with van der Waals surface area (Å²) in [6.07, 6.45) is 1.71. The Hall–Kier alpha value is -1.03. The third kappa shape index (κ3) is 3.46. The van der Waals surface area contributed by atoms with Crippen molar-refractivity contribution in [3.63, 3.8) is 0 Å². The van der Waals surface area contributed by atoms with E-state index in [1.807, 2.05) is 0 Å². The molecule has 0 amide bonds. The van der Waals surface area contributed by atoms with Gasteiger partial charge < -0.3 is 5.32 Å². The van der Waals surface area contributed by atoms with E-state index in [1.165, 1.54) is 11.1 Å². The van der Waals surface area contributed by atoms with E-state index in [0.717, 1.165) is 18.5 Å². The largest absolute Gasteiger partial charge is 0.381 e. The van der Waals surface area contributed by atoms with Crippen LogP contribution < -0.4 is 5.32 Å². The molecule has 1 aromatic rings. The third-order valence-corrected chi connectivity index (χ3v) is 4.88. The van der Waals surface area contributed by atoms with E-state index in [0.29, 0.717) is 5.75 Å². The molecule has 0 radical (unpaired) electrons. The first-order valence-electron chi connectivity index (χ1n) is 6.00. The maximum atomic E-state index is 11.5. The van der Waals surface area contributed by atoms with E-state index in [2.05, 4.69) is 37.4 Å². The lowest BCUT2D eigenvalue weighted by Gasteiger charge is -2.24. The fourth-order valence-electron chi connectivity index (χ4n) is 2.43. The van der Waals surface area contributed by atoms with Crippen molar-refractivity contribution in [3.8, 4) is 0 Å². The second kappa shape index (κ2) is 4.69. The van der Waals surface area contributed by atoms with Crippen LogP contribution in [0.1, 0.15) is 24.0 Å². The van der Waals surface area contributed by atoms with Crippen molar-refractivity contribution in [2.75, 3.05) is 16.8 Å². The Bertz CT molecular complexity index is 488. The van der Waals surface area contributed by atoms with Gasteiger partial charge in [-0.3, -0.25) is 0 Å². The molecule has 1 N–H and O–H groups in total. The molecule has 1 atom stereocenters. The summed E-state index contributed by atoms with van der Waals surface area (Å²) in [7, 11) is -2.83. The number of aryl methyl sites for hydroxylation is 2. The number of rotatable bonds is 2. The maximum Gasteiger partial charge on any atom is 0.152 e. The van der Waals surface area contributed by atoms with Crippen molar-refractivity contribution in [2.24, 2.45) is 0 Å². The van der Waals surface area contributed by atoms with Gasteiger partial charge >= 0.3 is 0 Å². The van der Waals surface area contributed by atoms with Crippen molar-refractivity contribution in [1.29, 1.82) is 0 Å². The minimum atomic E-state index is -2.83. The summed E-state index contributed by atoms with van der Waals surface area (Å²) in [4.78, 5) is 0. The van der Waals surface area contributed by atoms with Crippen LogP contribution in [0.15, 0.2) is 18.2 Å². The molecule has 1 aliphatic rings. The van der Waals surface area contributed by atoms with Gasteiger partial charge in [0.15, 0.2) is 9.84 Å². The second-order valence-corrected chi connectivity index (χ2v) is 7.20. The normalized spacial score (nSPS) is 23.3. The highest BCUT2D eigenvalue weighted by Crippen LogP contribution is 2.19. The van der Waals surface area contributed by atoms with E-state index in [4.69, 9.17) is 0 Å². The summed E-state index contributed by atoms with van der Waals surface area (Å²) in [6.45, 7) is 4.10. The molecule has 94 valence electrons. The zero-order valence-electron chi connectivity index (χ0n) is 10.4. The van der Waals surface area contributed by atoms with E-state index < -0.39 is 9.84 Å². The smallest absolute Gasteiger partial charge is 0.152 e. The van der Waals surface area contributed by atoms with Crippen LogP contribution in [0, 0.1) is 13.8 Å². The van der Waals surface area contributed by atoms with E-state index in [1.54, 1.807) is 0 Å². The van der Waals surface area contributed by atoms with E-state index in [-0.39, 0.29) is 11.8 Å². The molecule has 1 saturated heterocycles. The van der Waals surface area contributed by atoms with Crippen molar-refractivity contribution >= 4 is 15.5 Å². The Balaban J connectivity index is 2.10. The summed E-state index contributed by atoms with van der Waals surface area (Å²) in [5, 5.41) is 3.34. The quantitative estimate of drug-likeness (QED) is 0.879. The van der Waals surface area contributed by atoms with Crippen molar-refractivity contribution in [2.45, 2.75) is 32.7 Å². The lowest BCUT2D eigenvalue weighted by atomic mass is 10.1. The minimum absolute atomic E-state index is 0.0648. The molecular weight excluding hydrogens is 234 g/mol. The molecule has 0 bridgehead atoms. The van der Waals surface area contributed by atoms with Crippen LogP contribution in [-0.2, 0) is 9.84 Å². The van der Waals surface area contributed by atoms with Gasteiger partial charge in [-0.05, 0) is 49.9 Å². The number of anilines is 1. The Morgan fingerprint density at radius 3 is 2.41 bits per heavy atom. The highest BCUT2D eigenvalue weighted by molar-refractivity contribution is 7.91. The fraction of sp³-hybridized carbons (Fsp3) is 0.538. The number of hydrogen-bond acceptors (Lipinski definition) is 3. The van der Waals surface area contributed by atoms with Crippen molar-refractivity contribution < 1.29 is 8.42 Å². The molecule has 1 fully saturated rings. The molecule has 1 unspecified atom stereocenters. The Kier molecular flexibility index (Phi) is 3.43. The predicted octanol–water partition coefficient (Wildman–Crippen LogP) is 2.29. The maximum absolute atomic E-state index is 11.5. The van der Waals surface area contributed by atoms with Crippen molar-refractivity contribution in [3.05, 3.63) is 29.3 Å². The molecule has 1 aliphatic heterocycles. The lowest BCUT2D eigenvalue weighted by Crippen LogP contribution is -2.34. The van der Waals surface area contributed by atoms with E-state index in [9.17, 15) is 8.42 Å². The Morgan fingerprint density at radius 2 is 1.82 bits per heavy atom. The molecule has 0 spiro atoms. The third-order valence-electron chi connectivity index (χ3n) is 3.06. The molecule has 3 nitrogen and oxygen atoms in total. The van der Waals surface area contributed by atoms with Crippen LogP contribution in [0.3, 0.4) is 0 Å². The van der Waals surface area contributed by atoms with Gasteiger partial charge in [0, 0.05) is 11.7 Å². The molecule has 1 aromatic carbocycles. The van der Waals surface area contributed by atoms with Crippen LogP contribution in [0.2, 0.25) is 0 Å². The number of nitrogens with one attached hydrogen (secondary N) is 1. The number of benzene rings is 1. The van der Waals surface area contributed by atoms with Crippen LogP contribution >= 0.6 is 0 Å². The first-order chi connectivity index (χ1) is 7.94. The molecule has 0 saturated carbocycles. The summed E-state index contributed by atoms with van der Waals surface area (Å²) in [5.74, 6) is 0.609. The van der Waals surface area contributed by atoms with Gasteiger partial charge in [-0.1, -0.05) is 6.07 Å². The van der Waals surface area contributed by atoms with Gasteiger partial charge in [0.25, 0.3) is 0 Å². The average molecular weight is 253 g/mol. The second-order valence-electron chi connectivity index (χ2n) is 4.97. The summed E-state index contributed by atoms with van der Waals surface area (Å²) < 4.78 is 23.1. The van der Waals surface area contributed by atoms with Gasteiger partial charge in [-0.15, -0.1) is 0 Å². The zero-order chi connectivity index (χ0) is 12.5. The molecule has 0 aromatic heterocycles. The van der Waals surface area contributed by atoms with Gasteiger partial charge in [-0.25, -0.2) is 8.42 Å². The van der Waals surface area contributed by atoms with Crippen LogP contribution in [0.25, 0.3) is 0 Å². The number of hydrogen-bond donors (Lipinski definition) is 1. The molecule has 17 heavy (non-hydrogen) atoms. The van der Waals surface area contributed by atoms with Gasteiger partial charge in [0.05, 0.1) is 11.5 Å². The highest BCUT2D eigenvalue weighted by Gasteiger charge is 2.24. The van der Waals surface area contributed by atoms with Crippen molar-refractivity contribution in [1.82, 2.24) is 0 Å². The molecular formula is C13H19NO2S. The summed E-state index contributed by atoms with van der Waals surface area (Å²) >= 11 is 0. The average Bonchev–Trinajstić information content (AvgIpc) is 2.13. The standard InChI is InChI=1S/C13H19NO2S/c1-10-6-11(2)8-13(7-10)14-12-4-3-5-17(15,16)9-12/h6-8,12,14H,3-5,9H2,1-2H3. The van der Waals surface area contributed by atoms with Crippen LogP contribution in [0.5, 0.6) is 0 Å². The van der Waals surface area contributed by atoms with Gasteiger partial charge in [-0.2, -0.15) is 0 Å². The lowest BCUT2D eigenvalue weighted by molar-refractivity contribution is 0.562. The predicted molar refractivity (Wildman–Crippen MR) is 71.2 cm³/mol. The topological polar surface area (TPSA) is 46.2 Å². The number of sulfone groups is 1. The molecule has 4 heteroatoms. The van der Waals surface area contributed by atoms with Gasteiger partial charge in [0.2, 0.25) is 0 Å². The minimum Gasteiger partial charge on any atom is -0.381 e. The zero-order valence-corrected chi connectivity index (χ0v) is 11.2. The molecule has 1 heterocycles. The Morgan fingerprint density at radius 1 is 1.18 bits per heavy atom. The van der Waals surface area contributed by atoms with Gasteiger partial charge in [0.1, 0.15) is 0 Å². The molecule has 0 aliphatic carbocycles. The SMILES string of the molecule is Cc1cc(C)cc(NC2CCCS(=O)(=O)C2)c1. The van der Waals surface area contributed by atoms with Crippen LogP contribution in [-0.4, -0.2) is 26.0 Å². The summed E-state index contributed by atoms with van der Waals surface area (Å²) in [5.41, 5.74) is 3.43. The molecule has 2 rings (SSSR count). The highest BCUT2D eigenvalue weighted by atomic mass is 32.2.